The van der Waals surface area contributed by atoms with Gasteiger partial charge in [-0.25, -0.2) is 13.2 Å². The topological polar surface area (TPSA) is 113 Å². The van der Waals surface area contributed by atoms with Crippen molar-refractivity contribution >= 4 is 56.6 Å². The molecule has 1 unspecified atom stereocenters. The maximum atomic E-state index is 12.6. The Kier molecular flexibility index (Phi) is 7.68. The molecule has 3 N–H and O–H groups in total. The van der Waals surface area contributed by atoms with E-state index in [-0.39, 0.29) is 27.1 Å². The maximum Gasteiger partial charge on any atom is 0.335 e. The molecule has 0 aliphatic heterocycles. The number of thioether (sulfide) groups is 1. The highest BCUT2D eigenvalue weighted by atomic mass is 35.5. The van der Waals surface area contributed by atoms with E-state index in [4.69, 9.17) is 16.7 Å². The molecule has 1 atom stereocenters. The van der Waals surface area contributed by atoms with E-state index in [0.717, 1.165) is 10.5 Å². The van der Waals surface area contributed by atoms with Crippen LogP contribution in [0.25, 0.3) is 0 Å². The zero-order valence-electron chi connectivity index (χ0n) is 17.7. The Bertz CT molecular complexity index is 1280. The van der Waals surface area contributed by atoms with Crippen molar-refractivity contribution in [2.45, 2.75) is 28.9 Å². The van der Waals surface area contributed by atoms with Gasteiger partial charge in [-0.05, 0) is 68.4 Å². The summed E-state index contributed by atoms with van der Waals surface area (Å²) in [7, 11) is -3.70. The normalized spacial score (nSPS) is 12.1. The highest BCUT2D eigenvalue weighted by Crippen LogP contribution is 2.28. The molecule has 0 fully saturated rings. The Labute approximate surface area is 201 Å². The van der Waals surface area contributed by atoms with Crippen molar-refractivity contribution in [2.24, 2.45) is 0 Å². The fourth-order valence-corrected chi connectivity index (χ4v) is 4.87. The standard InChI is InChI=1S/C23H21ClN2O5S2/c1-14-3-10-19(11-4-14)33(30,31)26-17-6-8-18(9-7-17)32-15(2)22(27)25-21-13-16(23(28)29)5-12-20(21)24/h3-13,15,26H,1-2H3,(H,25,27)(H,28,29). The van der Waals surface area contributed by atoms with Crippen molar-refractivity contribution < 1.29 is 23.1 Å². The molecule has 1 amide bonds. The minimum Gasteiger partial charge on any atom is -0.478 e. The van der Waals surface area contributed by atoms with Gasteiger partial charge in [-0.15, -0.1) is 11.8 Å². The molecule has 0 radical (unpaired) electrons. The van der Waals surface area contributed by atoms with E-state index in [2.05, 4.69) is 10.0 Å². The number of anilines is 2. The number of hydrogen-bond acceptors (Lipinski definition) is 5. The van der Waals surface area contributed by atoms with Crippen molar-refractivity contribution in [3.8, 4) is 0 Å². The largest absolute Gasteiger partial charge is 0.478 e. The van der Waals surface area contributed by atoms with E-state index in [1.807, 2.05) is 6.92 Å². The number of aryl methyl sites for hydroxylation is 1. The van der Waals surface area contributed by atoms with Crippen LogP contribution in [0.2, 0.25) is 5.02 Å². The monoisotopic (exact) mass is 504 g/mol. The first-order valence-corrected chi connectivity index (χ1v) is 12.5. The van der Waals surface area contributed by atoms with Gasteiger partial charge >= 0.3 is 5.97 Å². The number of amides is 1. The minimum atomic E-state index is -3.70. The molecule has 172 valence electrons. The van der Waals surface area contributed by atoms with Crippen LogP contribution in [0.15, 0.2) is 76.5 Å². The lowest BCUT2D eigenvalue weighted by Gasteiger charge is -2.14. The maximum absolute atomic E-state index is 12.6. The summed E-state index contributed by atoms with van der Waals surface area (Å²) in [4.78, 5) is 24.6. The van der Waals surface area contributed by atoms with Gasteiger partial charge in [0.15, 0.2) is 0 Å². The molecule has 0 spiro atoms. The van der Waals surface area contributed by atoms with Crippen molar-refractivity contribution in [3.63, 3.8) is 0 Å². The van der Waals surface area contributed by atoms with Crippen molar-refractivity contribution in [2.75, 3.05) is 10.0 Å². The molecule has 7 nitrogen and oxygen atoms in total. The number of hydrogen-bond donors (Lipinski definition) is 3. The van der Waals surface area contributed by atoms with Gasteiger partial charge < -0.3 is 10.4 Å². The number of sulfonamides is 1. The summed E-state index contributed by atoms with van der Waals surface area (Å²) in [6, 6.07) is 17.3. The summed E-state index contributed by atoms with van der Waals surface area (Å²) in [6.07, 6.45) is 0. The number of carbonyl (C=O) groups is 2. The van der Waals surface area contributed by atoms with Crippen LogP contribution in [0, 0.1) is 6.92 Å². The van der Waals surface area contributed by atoms with Gasteiger partial charge in [0.1, 0.15) is 0 Å². The van der Waals surface area contributed by atoms with Gasteiger partial charge in [0.05, 0.1) is 26.4 Å². The second kappa shape index (κ2) is 10.3. The Balaban J connectivity index is 1.63. The zero-order valence-corrected chi connectivity index (χ0v) is 20.1. The number of aromatic carboxylic acids is 1. The van der Waals surface area contributed by atoms with Crippen LogP contribution >= 0.6 is 23.4 Å². The van der Waals surface area contributed by atoms with Crippen LogP contribution in [0.3, 0.4) is 0 Å². The third-order valence-electron chi connectivity index (χ3n) is 4.59. The molecule has 0 bridgehead atoms. The average Bonchev–Trinajstić information content (AvgIpc) is 2.76. The molecule has 3 rings (SSSR count). The molecule has 0 saturated carbocycles. The van der Waals surface area contributed by atoms with Gasteiger partial charge in [-0.1, -0.05) is 29.3 Å². The van der Waals surface area contributed by atoms with Gasteiger partial charge in [-0.3, -0.25) is 9.52 Å². The van der Waals surface area contributed by atoms with Crippen molar-refractivity contribution in [1.82, 2.24) is 0 Å². The van der Waals surface area contributed by atoms with Crippen molar-refractivity contribution in [3.05, 3.63) is 82.9 Å². The van der Waals surface area contributed by atoms with E-state index >= 15 is 0 Å². The van der Waals surface area contributed by atoms with Gasteiger partial charge in [0.25, 0.3) is 10.0 Å². The van der Waals surface area contributed by atoms with E-state index in [1.54, 1.807) is 55.5 Å². The molecule has 3 aromatic carbocycles. The van der Waals surface area contributed by atoms with Gasteiger partial charge in [-0.2, -0.15) is 0 Å². The van der Waals surface area contributed by atoms with Crippen LogP contribution in [-0.2, 0) is 14.8 Å². The average molecular weight is 505 g/mol. The lowest BCUT2D eigenvalue weighted by atomic mass is 10.2. The van der Waals surface area contributed by atoms with Crippen LogP contribution in [0.1, 0.15) is 22.8 Å². The third-order valence-corrected chi connectivity index (χ3v) is 7.43. The van der Waals surface area contributed by atoms with E-state index in [0.29, 0.717) is 5.69 Å². The van der Waals surface area contributed by atoms with Crippen LogP contribution < -0.4 is 10.0 Å². The fourth-order valence-electron chi connectivity index (χ4n) is 2.78. The number of carboxylic acids is 1. The Morgan fingerprint density at radius 1 is 1.00 bits per heavy atom. The number of halogens is 1. The first-order chi connectivity index (χ1) is 15.5. The lowest BCUT2D eigenvalue weighted by Crippen LogP contribution is -2.22. The fraction of sp³-hybridized carbons (Fsp3) is 0.130. The second-order valence-electron chi connectivity index (χ2n) is 7.19. The number of benzene rings is 3. The predicted molar refractivity (Wildman–Crippen MR) is 131 cm³/mol. The Morgan fingerprint density at radius 2 is 1.64 bits per heavy atom. The summed E-state index contributed by atoms with van der Waals surface area (Å²) >= 11 is 7.32. The summed E-state index contributed by atoms with van der Waals surface area (Å²) < 4.78 is 27.6. The SMILES string of the molecule is Cc1ccc(S(=O)(=O)Nc2ccc(SC(C)C(=O)Nc3cc(C(=O)O)ccc3Cl)cc2)cc1. The van der Waals surface area contributed by atoms with Crippen molar-refractivity contribution in [1.29, 1.82) is 0 Å². The molecule has 33 heavy (non-hydrogen) atoms. The van der Waals surface area contributed by atoms with E-state index < -0.39 is 21.2 Å². The summed E-state index contributed by atoms with van der Waals surface area (Å²) in [5, 5.41) is 11.5. The number of rotatable bonds is 8. The Morgan fingerprint density at radius 3 is 2.24 bits per heavy atom. The summed E-state index contributed by atoms with van der Waals surface area (Å²) in [5.74, 6) is -1.48. The highest BCUT2D eigenvalue weighted by Gasteiger charge is 2.18. The molecule has 0 aliphatic rings. The molecular weight excluding hydrogens is 484 g/mol. The molecule has 0 heterocycles. The van der Waals surface area contributed by atoms with Crippen LogP contribution in [0.5, 0.6) is 0 Å². The minimum absolute atomic E-state index is 0.0127. The number of carbonyl (C=O) groups excluding carboxylic acids is 1. The lowest BCUT2D eigenvalue weighted by molar-refractivity contribution is -0.115. The zero-order chi connectivity index (χ0) is 24.2. The van der Waals surface area contributed by atoms with Crippen LogP contribution in [-0.4, -0.2) is 30.7 Å². The highest BCUT2D eigenvalue weighted by molar-refractivity contribution is 8.00. The Hall–Kier alpha value is -3.01. The third kappa shape index (κ3) is 6.50. The molecule has 0 saturated heterocycles. The first kappa shape index (κ1) is 24.6. The smallest absolute Gasteiger partial charge is 0.335 e. The van der Waals surface area contributed by atoms with Crippen LogP contribution in [0.4, 0.5) is 11.4 Å². The number of carboxylic acid groups (broad SMARTS) is 1. The quantitative estimate of drug-likeness (QED) is 0.360. The molecule has 3 aromatic rings. The summed E-state index contributed by atoms with van der Waals surface area (Å²) in [5.41, 5.74) is 1.59. The van der Waals surface area contributed by atoms with Gasteiger partial charge in [0, 0.05) is 10.6 Å². The van der Waals surface area contributed by atoms with Gasteiger partial charge in [0.2, 0.25) is 5.91 Å². The molecular formula is C23H21ClN2O5S2. The molecule has 10 heteroatoms. The summed E-state index contributed by atoms with van der Waals surface area (Å²) in [6.45, 7) is 3.58. The predicted octanol–water partition coefficient (Wildman–Crippen LogP) is 5.27. The molecule has 0 aromatic heterocycles. The van der Waals surface area contributed by atoms with E-state index in [1.165, 1.54) is 30.0 Å². The first-order valence-electron chi connectivity index (χ1n) is 9.75. The number of nitrogens with one attached hydrogen (secondary N) is 2. The van der Waals surface area contributed by atoms with E-state index in [9.17, 15) is 18.0 Å². The molecule has 0 aliphatic carbocycles. The second-order valence-corrected chi connectivity index (χ2v) is 10.7.